The third-order valence-electron chi connectivity index (χ3n) is 4.16. The largest absolute Gasteiger partial charge is 0.492 e. The van der Waals surface area contributed by atoms with Gasteiger partial charge in [0.25, 0.3) is 0 Å². The van der Waals surface area contributed by atoms with Crippen molar-refractivity contribution in [3.05, 3.63) is 18.3 Å². The van der Waals surface area contributed by atoms with Crippen molar-refractivity contribution < 1.29 is 9.47 Å². The van der Waals surface area contributed by atoms with Crippen molar-refractivity contribution in [1.29, 1.82) is 0 Å². The Morgan fingerprint density at radius 1 is 1.36 bits per heavy atom. The zero-order valence-electron chi connectivity index (χ0n) is 13.1. The molecule has 2 N–H and O–H groups in total. The van der Waals surface area contributed by atoms with Gasteiger partial charge in [-0.3, -0.25) is 5.10 Å². The van der Waals surface area contributed by atoms with E-state index in [2.05, 4.69) is 22.4 Å². The van der Waals surface area contributed by atoms with E-state index in [-0.39, 0.29) is 18.5 Å². The standard InChI is InChI=1S/C16H23N3O2.ClH/c1-3-17-11-5-4-6-12(9-11)21-15-8-7-14-13(10-18-19-14)16(15)20-2;/h7-8,10-12,17H,3-6,9H2,1-2H3,(H,18,19);1H/t11-,12+;/m1./s1. The van der Waals surface area contributed by atoms with Gasteiger partial charge < -0.3 is 14.8 Å². The topological polar surface area (TPSA) is 59.2 Å². The van der Waals surface area contributed by atoms with Crippen LogP contribution in [0.3, 0.4) is 0 Å². The molecule has 3 rings (SSSR count). The van der Waals surface area contributed by atoms with Gasteiger partial charge in [-0.15, -0.1) is 12.4 Å². The Bertz CT molecular complexity index is 600. The van der Waals surface area contributed by atoms with Crippen molar-refractivity contribution >= 4 is 23.3 Å². The maximum atomic E-state index is 6.22. The van der Waals surface area contributed by atoms with Crippen molar-refractivity contribution in [1.82, 2.24) is 15.5 Å². The molecular weight excluding hydrogens is 302 g/mol. The molecule has 0 unspecified atom stereocenters. The van der Waals surface area contributed by atoms with Gasteiger partial charge in [0.1, 0.15) is 6.10 Å². The molecule has 122 valence electrons. The fourth-order valence-corrected chi connectivity index (χ4v) is 3.18. The van der Waals surface area contributed by atoms with Gasteiger partial charge in [-0.25, -0.2) is 0 Å². The van der Waals surface area contributed by atoms with E-state index in [0.29, 0.717) is 6.04 Å². The van der Waals surface area contributed by atoms with Crippen LogP contribution in [0.1, 0.15) is 32.6 Å². The number of rotatable bonds is 5. The van der Waals surface area contributed by atoms with Gasteiger partial charge >= 0.3 is 0 Å². The van der Waals surface area contributed by atoms with Crippen LogP contribution in [0.5, 0.6) is 11.5 Å². The minimum Gasteiger partial charge on any atom is -0.492 e. The van der Waals surface area contributed by atoms with Crippen LogP contribution in [0.2, 0.25) is 0 Å². The predicted molar refractivity (Wildman–Crippen MR) is 90.2 cm³/mol. The molecule has 0 bridgehead atoms. The van der Waals surface area contributed by atoms with Gasteiger partial charge in [0.05, 0.1) is 24.2 Å². The number of ether oxygens (including phenoxy) is 2. The summed E-state index contributed by atoms with van der Waals surface area (Å²) in [4.78, 5) is 0. The third kappa shape index (κ3) is 3.47. The second-order valence-electron chi connectivity index (χ2n) is 5.59. The first-order valence-corrected chi connectivity index (χ1v) is 7.72. The van der Waals surface area contributed by atoms with E-state index in [4.69, 9.17) is 9.47 Å². The molecule has 6 heteroatoms. The summed E-state index contributed by atoms with van der Waals surface area (Å²) in [5, 5.41) is 11.5. The first-order valence-electron chi connectivity index (χ1n) is 7.72. The first kappa shape index (κ1) is 16.9. The van der Waals surface area contributed by atoms with Gasteiger partial charge in [-0.1, -0.05) is 6.92 Å². The molecule has 1 aliphatic carbocycles. The molecule has 1 heterocycles. The molecule has 1 aromatic heterocycles. The monoisotopic (exact) mass is 325 g/mol. The molecule has 22 heavy (non-hydrogen) atoms. The van der Waals surface area contributed by atoms with Crippen molar-refractivity contribution in [2.75, 3.05) is 13.7 Å². The van der Waals surface area contributed by atoms with Crippen LogP contribution in [0, 0.1) is 0 Å². The Morgan fingerprint density at radius 2 is 2.23 bits per heavy atom. The minimum absolute atomic E-state index is 0. The number of hydrogen-bond acceptors (Lipinski definition) is 4. The van der Waals surface area contributed by atoms with Gasteiger partial charge in [0, 0.05) is 6.04 Å². The molecular formula is C16H24ClN3O2. The first-order chi connectivity index (χ1) is 10.3. The number of fused-ring (bicyclic) bond motifs is 1. The van der Waals surface area contributed by atoms with Crippen LogP contribution in [0.25, 0.3) is 10.9 Å². The molecule has 5 nitrogen and oxygen atoms in total. The molecule has 0 aliphatic heterocycles. The van der Waals surface area contributed by atoms with E-state index >= 15 is 0 Å². The summed E-state index contributed by atoms with van der Waals surface area (Å²) in [6, 6.07) is 4.53. The Labute approximate surface area is 137 Å². The van der Waals surface area contributed by atoms with Crippen molar-refractivity contribution in [3.63, 3.8) is 0 Å². The summed E-state index contributed by atoms with van der Waals surface area (Å²) >= 11 is 0. The average Bonchev–Trinajstić information content (AvgIpc) is 2.96. The highest BCUT2D eigenvalue weighted by molar-refractivity contribution is 5.87. The van der Waals surface area contributed by atoms with Crippen molar-refractivity contribution in [3.8, 4) is 11.5 Å². The van der Waals surface area contributed by atoms with E-state index in [9.17, 15) is 0 Å². The molecule has 0 amide bonds. The maximum absolute atomic E-state index is 6.22. The van der Waals surface area contributed by atoms with E-state index in [0.717, 1.165) is 41.8 Å². The van der Waals surface area contributed by atoms with Crippen LogP contribution < -0.4 is 14.8 Å². The summed E-state index contributed by atoms with van der Waals surface area (Å²) in [5.74, 6) is 1.58. The average molecular weight is 326 g/mol. The molecule has 0 saturated heterocycles. The van der Waals surface area contributed by atoms with Crippen LogP contribution >= 0.6 is 12.4 Å². The number of aromatic nitrogens is 2. The summed E-state index contributed by atoms with van der Waals surface area (Å²) in [6.07, 6.45) is 6.64. The normalized spacial score (nSPS) is 21.4. The maximum Gasteiger partial charge on any atom is 0.171 e. The number of benzene rings is 1. The summed E-state index contributed by atoms with van der Waals surface area (Å²) in [6.45, 7) is 3.17. The summed E-state index contributed by atoms with van der Waals surface area (Å²) in [5.41, 5.74) is 0.966. The van der Waals surface area contributed by atoms with E-state index in [1.165, 1.54) is 12.8 Å². The number of nitrogens with zero attached hydrogens (tertiary/aromatic N) is 1. The lowest BCUT2D eigenvalue weighted by molar-refractivity contribution is 0.131. The van der Waals surface area contributed by atoms with Crippen LogP contribution in [-0.4, -0.2) is 36.0 Å². The smallest absolute Gasteiger partial charge is 0.171 e. The Balaban J connectivity index is 0.00000176. The second kappa shape index (κ2) is 7.70. The van der Waals surface area contributed by atoms with Crippen LogP contribution in [0.4, 0.5) is 0 Å². The lowest BCUT2D eigenvalue weighted by Crippen LogP contribution is -2.37. The summed E-state index contributed by atoms with van der Waals surface area (Å²) < 4.78 is 11.8. The van der Waals surface area contributed by atoms with Gasteiger partial charge in [0.2, 0.25) is 0 Å². The quantitative estimate of drug-likeness (QED) is 0.885. The SMILES string of the molecule is CCN[C@@H]1CCC[C@H](Oc2ccc3[nH]ncc3c2OC)C1.Cl. The highest BCUT2D eigenvalue weighted by Gasteiger charge is 2.24. The highest BCUT2D eigenvalue weighted by Crippen LogP contribution is 2.36. The van der Waals surface area contributed by atoms with Crippen LogP contribution in [-0.2, 0) is 0 Å². The van der Waals surface area contributed by atoms with Gasteiger partial charge in [0.15, 0.2) is 11.5 Å². The number of nitrogens with one attached hydrogen (secondary N) is 2. The number of H-pyrrole nitrogens is 1. The second-order valence-corrected chi connectivity index (χ2v) is 5.59. The predicted octanol–water partition coefficient (Wildman–Crippen LogP) is 3.29. The Morgan fingerprint density at radius 3 is 3.00 bits per heavy atom. The molecule has 1 saturated carbocycles. The third-order valence-corrected chi connectivity index (χ3v) is 4.16. The van der Waals surface area contributed by atoms with Gasteiger partial charge in [-0.2, -0.15) is 5.10 Å². The van der Waals surface area contributed by atoms with E-state index < -0.39 is 0 Å². The minimum atomic E-state index is 0. The fourth-order valence-electron chi connectivity index (χ4n) is 3.18. The molecule has 1 aliphatic rings. The zero-order valence-corrected chi connectivity index (χ0v) is 13.9. The van der Waals surface area contributed by atoms with E-state index in [1.807, 2.05) is 12.1 Å². The molecule has 0 radical (unpaired) electrons. The molecule has 1 fully saturated rings. The number of halogens is 1. The fraction of sp³-hybridized carbons (Fsp3) is 0.562. The highest BCUT2D eigenvalue weighted by atomic mass is 35.5. The number of hydrogen-bond donors (Lipinski definition) is 2. The Kier molecular flexibility index (Phi) is 5.91. The lowest BCUT2D eigenvalue weighted by Gasteiger charge is -2.30. The molecule has 2 atom stereocenters. The zero-order chi connectivity index (χ0) is 14.7. The molecule has 2 aromatic rings. The van der Waals surface area contributed by atoms with Gasteiger partial charge in [-0.05, 0) is 44.4 Å². The lowest BCUT2D eigenvalue weighted by atomic mass is 9.93. The van der Waals surface area contributed by atoms with E-state index in [1.54, 1.807) is 13.3 Å². The van der Waals surface area contributed by atoms with Crippen LogP contribution in [0.15, 0.2) is 18.3 Å². The number of aromatic amines is 1. The molecule has 1 aromatic carbocycles. The van der Waals surface area contributed by atoms with Crippen molar-refractivity contribution in [2.24, 2.45) is 0 Å². The number of methoxy groups -OCH3 is 1. The van der Waals surface area contributed by atoms with Crippen molar-refractivity contribution in [2.45, 2.75) is 44.8 Å². The summed E-state index contributed by atoms with van der Waals surface area (Å²) in [7, 11) is 1.68. The Hall–Kier alpha value is -1.46. The molecule has 0 spiro atoms.